The highest BCUT2D eigenvalue weighted by molar-refractivity contribution is 6.31. The van der Waals surface area contributed by atoms with E-state index >= 15 is 0 Å². The van der Waals surface area contributed by atoms with Gasteiger partial charge in [-0.1, -0.05) is 17.7 Å². The Hall–Kier alpha value is -3.32. The third kappa shape index (κ3) is 4.94. The number of nitrogens with zero attached hydrogens (tertiary/aromatic N) is 2. The van der Waals surface area contributed by atoms with E-state index in [-0.39, 0.29) is 18.4 Å². The van der Waals surface area contributed by atoms with E-state index in [4.69, 9.17) is 16.3 Å². The molecule has 1 aliphatic carbocycles. The molecule has 0 unspecified atom stereocenters. The molecule has 166 valence electrons. The molecule has 0 atom stereocenters. The monoisotopic (exact) mass is 452 g/mol. The minimum Gasteiger partial charge on any atom is -0.484 e. The minimum absolute atomic E-state index is 0.0491. The molecule has 1 aliphatic rings. The SMILES string of the molecule is CCNC(=O)COc1ccc(NC(=O)c2cnn(-c3ccc(C)c(Cl)c3)c2C2CC2)cc1. The van der Waals surface area contributed by atoms with Crippen LogP contribution in [0, 0.1) is 6.92 Å². The van der Waals surface area contributed by atoms with E-state index in [1.54, 1.807) is 30.5 Å². The summed E-state index contributed by atoms with van der Waals surface area (Å²) in [6, 6.07) is 12.7. The van der Waals surface area contributed by atoms with E-state index in [0.717, 1.165) is 29.8 Å². The Morgan fingerprint density at radius 3 is 2.59 bits per heavy atom. The van der Waals surface area contributed by atoms with Gasteiger partial charge in [0.15, 0.2) is 6.61 Å². The Kier molecular flexibility index (Phi) is 6.46. The van der Waals surface area contributed by atoms with Gasteiger partial charge in [0, 0.05) is 23.2 Å². The predicted octanol–water partition coefficient (Wildman–Crippen LogP) is 4.48. The van der Waals surface area contributed by atoms with E-state index in [0.29, 0.717) is 34.5 Å². The van der Waals surface area contributed by atoms with Crippen molar-refractivity contribution in [3.63, 3.8) is 0 Å². The van der Waals surface area contributed by atoms with Crippen molar-refractivity contribution >= 4 is 29.1 Å². The second-order valence-corrected chi connectivity index (χ2v) is 8.19. The molecule has 8 heteroatoms. The lowest BCUT2D eigenvalue weighted by atomic mass is 10.1. The molecule has 0 bridgehead atoms. The van der Waals surface area contributed by atoms with E-state index in [9.17, 15) is 9.59 Å². The van der Waals surface area contributed by atoms with Gasteiger partial charge in [-0.3, -0.25) is 9.59 Å². The Morgan fingerprint density at radius 1 is 1.19 bits per heavy atom. The summed E-state index contributed by atoms with van der Waals surface area (Å²) in [5, 5.41) is 10.8. The van der Waals surface area contributed by atoms with Crippen molar-refractivity contribution in [2.45, 2.75) is 32.6 Å². The molecular weight excluding hydrogens is 428 g/mol. The molecule has 2 N–H and O–H groups in total. The smallest absolute Gasteiger partial charge is 0.259 e. The van der Waals surface area contributed by atoms with Crippen LogP contribution in [0.4, 0.5) is 5.69 Å². The van der Waals surface area contributed by atoms with Crippen LogP contribution in [0.3, 0.4) is 0 Å². The first-order valence-electron chi connectivity index (χ1n) is 10.6. The molecule has 3 aromatic rings. The number of hydrogen-bond donors (Lipinski definition) is 2. The Balaban J connectivity index is 1.48. The number of anilines is 1. The highest BCUT2D eigenvalue weighted by Crippen LogP contribution is 2.42. The highest BCUT2D eigenvalue weighted by Gasteiger charge is 2.33. The van der Waals surface area contributed by atoms with Crippen molar-refractivity contribution in [2.24, 2.45) is 0 Å². The average molecular weight is 453 g/mol. The molecule has 1 heterocycles. The number of hydrogen-bond acceptors (Lipinski definition) is 4. The molecule has 32 heavy (non-hydrogen) atoms. The molecule has 0 aliphatic heterocycles. The van der Waals surface area contributed by atoms with E-state index in [1.807, 2.05) is 36.7 Å². The van der Waals surface area contributed by atoms with Gasteiger partial charge in [-0.05, 0) is 68.7 Å². The zero-order valence-electron chi connectivity index (χ0n) is 18.0. The standard InChI is InChI=1S/C24H25ClN4O3/c1-3-26-22(30)14-32-19-10-7-17(8-11-19)28-24(31)20-13-27-29(23(20)16-5-6-16)18-9-4-15(2)21(25)12-18/h4,7-13,16H,3,5-6,14H2,1-2H3,(H,26,30)(H,28,31). The number of aromatic nitrogens is 2. The molecule has 2 aromatic carbocycles. The molecule has 1 aromatic heterocycles. The van der Waals surface area contributed by atoms with Gasteiger partial charge < -0.3 is 15.4 Å². The van der Waals surface area contributed by atoms with E-state index in [1.165, 1.54) is 0 Å². The van der Waals surface area contributed by atoms with E-state index in [2.05, 4.69) is 15.7 Å². The number of benzene rings is 2. The Labute approximate surface area is 191 Å². The first kappa shape index (κ1) is 21.9. The van der Waals surface area contributed by atoms with Gasteiger partial charge in [0.05, 0.1) is 23.1 Å². The number of aryl methyl sites for hydroxylation is 1. The number of carbonyl (C=O) groups excluding carboxylic acids is 2. The topological polar surface area (TPSA) is 85.2 Å². The number of amides is 2. The fourth-order valence-electron chi connectivity index (χ4n) is 3.43. The first-order valence-corrected chi connectivity index (χ1v) is 11.0. The van der Waals surface area contributed by atoms with Crippen LogP contribution >= 0.6 is 11.6 Å². The first-order chi connectivity index (χ1) is 15.5. The largest absolute Gasteiger partial charge is 0.484 e. The van der Waals surface area contributed by atoms with Crippen molar-refractivity contribution in [1.82, 2.24) is 15.1 Å². The molecule has 2 amide bonds. The van der Waals surface area contributed by atoms with Crippen LogP contribution < -0.4 is 15.4 Å². The van der Waals surface area contributed by atoms with Crippen molar-refractivity contribution in [2.75, 3.05) is 18.5 Å². The predicted molar refractivity (Wildman–Crippen MR) is 124 cm³/mol. The number of nitrogens with one attached hydrogen (secondary N) is 2. The van der Waals surface area contributed by atoms with Crippen molar-refractivity contribution in [3.05, 3.63) is 70.5 Å². The molecule has 0 radical (unpaired) electrons. The fraction of sp³-hybridized carbons (Fsp3) is 0.292. The van der Waals surface area contributed by atoms with Gasteiger partial charge in [0.2, 0.25) is 0 Å². The summed E-state index contributed by atoms with van der Waals surface area (Å²) in [7, 11) is 0. The molecule has 4 rings (SSSR count). The molecule has 1 saturated carbocycles. The van der Waals surface area contributed by atoms with Gasteiger partial charge >= 0.3 is 0 Å². The summed E-state index contributed by atoms with van der Waals surface area (Å²) in [5.41, 5.74) is 3.93. The molecule has 0 saturated heterocycles. The molecular formula is C24H25ClN4O3. The van der Waals surface area contributed by atoms with Crippen LogP contribution in [-0.2, 0) is 4.79 Å². The van der Waals surface area contributed by atoms with Crippen LogP contribution in [0.1, 0.15) is 47.3 Å². The Bertz CT molecular complexity index is 1140. The van der Waals surface area contributed by atoms with Crippen LogP contribution in [0.2, 0.25) is 5.02 Å². The summed E-state index contributed by atoms with van der Waals surface area (Å²) in [5.74, 6) is 0.470. The lowest BCUT2D eigenvalue weighted by Crippen LogP contribution is -2.28. The molecule has 7 nitrogen and oxygen atoms in total. The minimum atomic E-state index is -0.215. The zero-order chi connectivity index (χ0) is 22.7. The Morgan fingerprint density at radius 2 is 1.94 bits per heavy atom. The van der Waals surface area contributed by atoms with Gasteiger partial charge in [0.1, 0.15) is 5.75 Å². The fourth-order valence-corrected chi connectivity index (χ4v) is 3.61. The summed E-state index contributed by atoms with van der Waals surface area (Å²) < 4.78 is 7.26. The average Bonchev–Trinajstić information content (AvgIpc) is 3.53. The maximum absolute atomic E-state index is 13.0. The van der Waals surface area contributed by atoms with Crippen LogP contribution in [0.15, 0.2) is 48.7 Å². The lowest BCUT2D eigenvalue weighted by molar-refractivity contribution is -0.122. The third-order valence-corrected chi connectivity index (χ3v) is 5.68. The summed E-state index contributed by atoms with van der Waals surface area (Å²) >= 11 is 6.30. The number of likely N-dealkylation sites (N-methyl/N-ethyl adjacent to an activating group) is 1. The number of ether oxygens (including phenoxy) is 1. The summed E-state index contributed by atoms with van der Waals surface area (Å²) in [4.78, 5) is 24.5. The van der Waals surface area contributed by atoms with E-state index < -0.39 is 0 Å². The zero-order valence-corrected chi connectivity index (χ0v) is 18.8. The van der Waals surface area contributed by atoms with Crippen molar-refractivity contribution in [3.8, 4) is 11.4 Å². The highest BCUT2D eigenvalue weighted by atomic mass is 35.5. The normalized spacial score (nSPS) is 13.0. The summed E-state index contributed by atoms with van der Waals surface area (Å²) in [6.07, 6.45) is 3.67. The number of carbonyl (C=O) groups is 2. The van der Waals surface area contributed by atoms with Gasteiger partial charge in [-0.25, -0.2) is 4.68 Å². The lowest BCUT2D eigenvalue weighted by Gasteiger charge is -2.11. The van der Waals surface area contributed by atoms with Gasteiger partial charge in [-0.15, -0.1) is 0 Å². The van der Waals surface area contributed by atoms with Crippen molar-refractivity contribution in [1.29, 1.82) is 0 Å². The molecule has 0 spiro atoms. The van der Waals surface area contributed by atoms with Crippen LogP contribution in [-0.4, -0.2) is 34.7 Å². The maximum atomic E-state index is 13.0. The number of halogens is 1. The van der Waals surface area contributed by atoms with Gasteiger partial charge in [-0.2, -0.15) is 5.10 Å². The second-order valence-electron chi connectivity index (χ2n) is 7.78. The summed E-state index contributed by atoms with van der Waals surface area (Å²) in [6.45, 7) is 4.31. The number of rotatable bonds is 8. The molecule has 1 fully saturated rings. The quantitative estimate of drug-likeness (QED) is 0.527. The van der Waals surface area contributed by atoms with Gasteiger partial charge in [0.25, 0.3) is 11.8 Å². The van der Waals surface area contributed by atoms with Crippen molar-refractivity contribution < 1.29 is 14.3 Å². The maximum Gasteiger partial charge on any atom is 0.259 e. The second kappa shape index (κ2) is 9.44. The third-order valence-electron chi connectivity index (χ3n) is 5.27. The van der Waals surface area contributed by atoms with Crippen LogP contribution in [0.5, 0.6) is 5.75 Å². The van der Waals surface area contributed by atoms with Crippen LogP contribution in [0.25, 0.3) is 5.69 Å².